The third-order valence-electron chi connectivity index (χ3n) is 5.33. The van der Waals surface area contributed by atoms with Gasteiger partial charge in [-0.1, -0.05) is 22.0 Å². The summed E-state index contributed by atoms with van der Waals surface area (Å²) < 4.78 is 18.0. The zero-order chi connectivity index (χ0) is 24.8. The van der Waals surface area contributed by atoms with Crippen molar-refractivity contribution in [3.8, 4) is 29.2 Å². The van der Waals surface area contributed by atoms with Crippen molar-refractivity contribution >= 4 is 21.7 Å². The lowest BCUT2D eigenvalue weighted by atomic mass is 10.0. The molecule has 0 radical (unpaired) electrons. The Morgan fingerprint density at radius 1 is 1.12 bits per heavy atom. The van der Waals surface area contributed by atoms with E-state index in [9.17, 15) is 20.0 Å². The number of ketones is 1. The molecule has 0 aliphatic heterocycles. The maximum Gasteiger partial charge on any atom is 0.271 e. The van der Waals surface area contributed by atoms with Crippen molar-refractivity contribution in [3.63, 3.8) is 0 Å². The number of aromatic nitrogens is 1. The normalized spacial score (nSPS) is 10.4. The Balaban J connectivity index is 1.90. The number of pyridine rings is 1. The van der Waals surface area contributed by atoms with Crippen LogP contribution in [0.4, 0.5) is 0 Å². The molecule has 0 bridgehead atoms. The molecule has 1 heterocycles. The average molecular weight is 527 g/mol. The SMILES string of the molecule is COc1ccc(CCn2c(O)c(C(=O)COc3ccc(Br)cc3)c(C)c(C#N)c2=O)cc1OC. The second-order valence-corrected chi connectivity index (χ2v) is 8.29. The van der Waals surface area contributed by atoms with Crippen LogP contribution in [0.25, 0.3) is 0 Å². The number of aromatic hydroxyl groups is 1. The molecule has 0 saturated carbocycles. The van der Waals surface area contributed by atoms with Gasteiger partial charge in [0.2, 0.25) is 11.7 Å². The van der Waals surface area contributed by atoms with Crippen LogP contribution < -0.4 is 19.8 Å². The van der Waals surface area contributed by atoms with Gasteiger partial charge in [-0.3, -0.25) is 14.2 Å². The topological polar surface area (TPSA) is 111 Å². The number of benzene rings is 2. The number of methoxy groups -OCH3 is 2. The van der Waals surface area contributed by atoms with E-state index in [-0.39, 0.29) is 29.8 Å². The van der Waals surface area contributed by atoms with E-state index in [0.717, 1.165) is 14.6 Å². The molecule has 0 fully saturated rings. The molecular weight excluding hydrogens is 504 g/mol. The summed E-state index contributed by atoms with van der Waals surface area (Å²) in [5.41, 5.74) is -0.0349. The molecule has 0 aliphatic carbocycles. The highest BCUT2D eigenvalue weighted by molar-refractivity contribution is 9.10. The number of carbonyl (C=O) groups is 1. The molecule has 8 nitrogen and oxygen atoms in total. The van der Waals surface area contributed by atoms with Gasteiger partial charge in [-0.2, -0.15) is 5.26 Å². The lowest BCUT2D eigenvalue weighted by Crippen LogP contribution is -2.28. The van der Waals surface area contributed by atoms with Crippen LogP contribution in [0.2, 0.25) is 0 Å². The lowest BCUT2D eigenvalue weighted by molar-refractivity contribution is 0.0916. The highest BCUT2D eigenvalue weighted by Crippen LogP contribution is 2.28. The molecular formula is C25H23BrN2O6. The summed E-state index contributed by atoms with van der Waals surface area (Å²) in [6.45, 7) is 1.14. The Labute approximate surface area is 205 Å². The maximum atomic E-state index is 12.9. The van der Waals surface area contributed by atoms with Crippen molar-refractivity contribution in [2.24, 2.45) is 0 Å². The number of nitrogens with zero attached hydrogens (tertiary/aromatic N) is 2. The molecule has 1 N–H and O–H groups in total. The van der Waals surface area contributed by atoms with Crippen molar-refractivity contribution in [1.29, 1.82) is 5.26 Å². The molecule has 3 rings (SSSR count). The Morgan fingerprint density at radius 2 is 1.79 bits per heavy atom. The number of hydrogen-bond donors (Lipinski definition) is 1. The Morgan fingerprint density at radius 3 is 2.41 bits per heavy atom. The molecule has 0 atom stereocenters. The molecule has 9 heteroatoms. The maximum absolute atomic E-state index is 12.9. The highest BCUT2D eigenvalue weighted by atomic mass is 79.9. The minimum Gasteiger partial charge on any atom is -0.494 e. The first-order chi connectivity index (χ1) is 16.3. The van der Waals surface area contributed by atoms with Gasteiger partial charge >= 0.3 is 0 Å². The monoisotopic (exact) mass is 526 g/mol. The number of halogens is 1. The molecule has 176 valence electrons. The molecule has 0 unspecified atom stereocenters. The molecule has 1 aromatic heterocycles. The van der Waals surface area contributed by atoms with E-state index < -0.39 is 17.2 Å². The Kier molecular flexibility index (Phi) is 7.97. The minimum atomic E-state index is -0.664. The highest BCUT2D eigenvalue weighted by Gasteiger charge is 2.24. The second kappa shape index (κ2) is 10.9. The van der Waals surface area contributed by atoms with Crippen LogP contribution in [0.15, 0.2) is 51.7 Å². The van der Waals surface area contributed by atoms with E-state index in [4.69, 9.17) is 14.2 Å². The first kappa shape index (κ1) is 24.9. The van der Waals surface area contributed by atoms with Gasteiger partial charge in [0.25, 0.3) is 5.56 Å². The summed E-state index contributed by atoms with van der Waals surface area (Å²) in [6.07, 6.45) is 0.338. The van der Waals surface area contributed by atoms with Crippen LogP contribution in [-0.4, -0.2) is 36.3 Å². The van der Waals surface area contributed by atoms with Crippen molar-refractivity contribution < 1.29 is 24.1 Å². The lowest BCUT2D eigenvalue weighted by Gasteiger charge is -2.16. The van der Waals surface area contributed by atoms with Crippen LogP contribution >= 0.6 is 15.9 Å². The fourth-order valence-electron chi connectivity index (χ4n) is 3.52. The summed E-state index contributed by atoms with van der Waals surface area (Å²) in [5, 5.41) is 20.4. The number of nitriles is 1. The fraction of sp³-hybridized carbons (Fsp3) is 0.240. The van der Waals surface area contributed by atoms with Crippen molar-refractivity contribution in [1.82, 2.24) is 4.57 Å². The van der Waals surface area contributed by atoms with E-state index in [1.807, 2.05) is 6.07 Å². The van der Waals surface area contributed by atoms with Crippen LogP contribution in [0.1, 0.15) is 27.0 Å². The molecule has 34 heavy (non-hydrogen) atoms. The second-order valence-electron chi connectivity index (χ2n) is 7.37. The van der Waals surface area contributed by atoms with Gasteiger partial charge in [0.15, 0.2) is 18.1 Å². The molecule has 0 saturated heterocycles. The predicted molar refractivity (Wildman–Crippen MR) is 129 cm³/mol. The van der Waals surface area contributed by atoms with Crippen molar-refractivity contribution in [3.05, 3.63) is 79.5 Å². The van der Waals surface area contributed by atoms with Gasteiger partial charge in [-0.05, 0) is 60.9 Å². The van der Waals surface area contributed by atoms with E-state index in [2.05, 4.69) is 15.9 Å². The average Bonchev–Trinajstić information content (AvgIpc) is 2.83. The smallest absolute Gasteiger partial charge is 0.271 e. The molecule has 2 aromatic carbocycles. The molecule has 0 amide bonds. The number of Topliss-reactive ketones (excluding diaryl/α,β-unsaturated/α-hetero) is 1. The summed E-state index contributed by atoms with van der Waals surface area (Å²) in [6, 6.07) is 14.1. The summed E-state index contributed by atoms with van der Waals surface area (Å²) in [5.74, 6) is 0.516. The van der Waals surface area contributed by atoms with E-state index in [1.165, 1.54) is 21.1 Å². The van der Waals surface area contributed by atoms with E-state index in [0.29, 0.717) is 23.7 Å². The number of ether oxygens (including phenoxy) is 3. The van der Waals surface area contributed by atoms with Crippen molar-refractivity contribution in [2.75, 3.05) is 20.8 Å². The zero-order valence-electron chi connectivity index (χ0n) is 18.9. The molecule has 0 aliphatic rings. The van der Waals surface area contributed by atoms with Gasteiger partial charge in [-0.25, -0.2) is 0 Å². The summed E-state index contributed by atoms with van der Waals surface area (Å²) in [7, 11) is 3.05. The Hall–Kier alpha value is -3.77. The number of rotatable bonds is 9. The predicted octanol–water partition coefficient (Wildman–Crippen LogP) is 4.02. The summed E-state index contributed by atoms with van der Waals surface area (Å²) in [4.78, 5) is 25.8. The number of hydrogen-bond acceptors (Lipinski definition) is 7. The standard InChI is InChI=1S/C25H23BrN2O6/c1-15-19(13-27)24(30)28(11-10-16-4-9-21(32-2)22(12-16)33-3)25(31)23(15)20(29)14-34-18-7-5-17(26)6-8-18/h4-9,12,31H,10-11,14H2,1-3H3. The van der Waals surface area contributed by atoms with E-state index in [1.54, 1.807) is 42.5 Å². The molecule has 0 spiro atoms. The van der Waals surface area contributed by atoms with Gasteiger partial charge in [0, 0.05) is 11.0 Å². The van der Waals surface area contributed by atoms with Crippen LogP contribution in [0, 0.1) is 18.3 Å². The minimum absolute atomic E-state index is 0.0446. The van der Waals surface area contributed by atoms with Gasteiger partial charge in [-0.15, -0.1) is 0 Å². The van der Waals surface area contributed by atoms with Crippen LogP contribution in [0.5, 0.6) is 23.1 Å². The van der Waals surface area contributed by atoms with E-state index >= 15 is 0 Å². The van der Waals surface area contributed by atoms with Gasteiger partial charge in [0.1, 0.15) is 17.4 Å². The number of aryl methyl sites for hydroxylation is 1. The third-order valence-corrected chi connectivity index (χ3v) is 5.86. The first-order valence-electron chi connectivity index (χ1n) is 10.3. The Bertz CT molecular complexity index is 1310. The third kappa shape index (κ3) is 5.24. The largest absolute Gasteiger partial charge is 0.494 e. The van der Waals surface area contributed by atoms with Gasteiger partial charge in [0.05, 0.1) is 19.8 Å². The van der Waals surface area contributed by atoms with Gasteiger partial charge < -0.3 is 19.3 Å². The summed E-state index contributed by atoms with van der Waals surface area (Å²) >= 11 is 3.33. The zero-order valence-corrected chi connectivity index (χ0v) is 20.5. The van der Waals surface area contributed by atoms with Crippen molar-refractivity contribution in [2.45, 2.75) is 19.9 Å². The van der Waals surface area contributed by atoms with Crippen LogP contribution in [0.3, 0.4) is 0 Å². The van der Waals surface area contributed by atoms with Crippen LogP contribution in [-0.2, 0) is 13.0 Å². The first-order valence-corrected chi connectivity index (χ1v) is 11.1. The number of carbonyl (C=O) groups excluding carboxylic acids is 1. The fourth-order valence-corrected chi connectivity index (χ4v) is 3.79. The quantitative estimate of drug-likeness (QED) is 0.419. The molecule has 3 aromatic rings.